The Balaban J connectivity index is 1.72. The third-order valence-corrected chi connectivity index (χ3v) is 5.61. The number of nitrogens with zero attached hydrogens (tertiary/aromatic N) is 1. The van der Waals surface area contributed by atoms with Crippen molar-refractivity contribution >= 4 is 34.9 Å². The van der Waals surface area contributed by atoms with E-state index in [0.29, 0.717) is 41.7 Å². The summed E-state index contributed by atoms with van der Waals surface area (Å²) in [6.45, 7) is 3.39. The highest BCUT2D eigenvalue weighted by Gasteiger charge is 2.34. The molecule has 2 amide bonds. The quantitative estimate of drug-likeness (QED) is 0.572. The minimum atomic E-state index is -0.538. The summed E-state index contributed by atoms with van der Waals surface area (Å²) in [6.07, 6.45) is 0. The SMILES string of the molecule is CCOC(=O)C1=C(CN(C)CCOc2cccc(Cl)c2)NC(=O)N[C@H]1c1cccs1. The van der Waals surface area contributed by atoms with Crippen molar-refractivity contribution in [1.82, 2.24) is 15.5 Å². The molecule has 30 heavy (non-hydrogen) atoms. The lowest BCUT2D eigenvalue weighted by Gasteiger charge is -2.30. The Labute approximate surface area is 184 Å². The maximum Gasteiger partial charge on any atom is 0.338 e. The maximum atomic E-state index is 12.7. The van der Waals surface area contributed by atoms with E-state index in [2.05, 4.69) is 10.6 Å². The molecule has 1 aromatic heterocycles. The lowest BCUT2D eigenvalue weighted by molar-refractivity contribution is -0.139. The number of carbonyl (C=O) groups excluding carboxylic acids is 2. The van der Waals surface area contributed by atoms with Crippen molar-refractivity contribution in [2.45, 2.75) is 13.0 Å². The number of hydrogen-bond donors (Lipinski definition) is 2. The summed E-state index contributed by atoms with van der Waals surface area (Å²) in [7, 11) is 1.89. The van der Waals surface area contributed by atoms with Crippen LogP contribution in [0.2, 0.25) is 5.02 Å². The smallest absolute Gasteiger partial charge is 0.338 e. The van der Waals surface area contributed by atoms with Crippen molar-refractivity contribution in [2.24, 2.45) is 0 Å². The minimum Gasteiger partial charge on any atom is -0.492 e. The van der Waals surface area contributed by atoms with Gasteiger partial charge in [-0.25, -0.2) is 9.59 Å². The van der Waals surface area contributed by atoms with Crippen LogP contribution in [0.5, 0.6) is 5.75 Å². The topological polar surface area (TPSA) is 79.9 Å². The van der Waals surface area contributed by atoms with E-state index in [1.54, 1.807) is 19.1 Å². The van der Waals surface area contributed by atoms with Gasteiger partial charge in [0.05, 0.1) is 18.2 Å². The van der Waals surface area contributed by atoms with Crippen LogP contribution in [0.25, 0.3) is 0 Å². The Morgan fingerprint density at radius 3 is 2.83 bits per heavy atom. The van der Waals surface area contributed by atoms with Crippen LogP contribution in [-0.2, 0) is 9.53 Å². The molecule has 0 unspecified atom stereocenters. The molecule has 9 heteroatoms. The molecule has 2 N–H and O–H groups in total. The van der Waals surface area contributed by atoms with E-state index in [1.165, 1.54) is 11.3 Å². The van der Waals surface area contributed by atoms with E-state index >= 15 is 0 Å². The number of likely N-dealkylation sites (N-methyl/N-ethyl adjacent to an activating group) is 1. The number of esters is 1. The zero-order valence-corrected chi connectivity index (χ0v) is 18.4. The molecule has 0 fully saturated rings. The molecule has 1 aromatic carbocycles. The zero-order chi connectivity index (χ0) is 21.5. The highest BCUT2D eigenvalue weighted by atomic mass is 35.5. The lowest BCUT2D eigenvalue weighted by atomic mass is 10.0. The molecule has 160 valence electrons. The first kappa shape index (κ1) is 22.1. The maximum absolute atomic E-state index is 12.7. The molecule has 0 bridgehead atoms. The first-order chi connectivity index (χ1) is 14.5. The molecule has 0 aliphatic carbocycles. The minimum absolute atomic E-state index is 0.254. The van der Waals surface area contributed by atoms with Crippen LogP contribution in [0.4, 0.5) is 4.79 Å². The third-order valence-electron chi connectivity index (χ3n) is 4.44. The Hall–Kier alpha value is -2.55. The summed E-state index contributed by atoms with van der Waals surface area (Å²) in [5.41, 5.74) is 0.947. The standard InChI is InChI=1S/C21H24ClN3O4S/c1-3-28-20(26)18-16(23-21(27)24-19(18)17-8-5-11-30-17)13-25(2)9-10-29-15-7-4-6-14(22)12-15/h4-8,11-12,19H,3,9-10,13H2,1-2H3,(H2,23,24,27)/t19-/m0/s1. The average molecular weight is 450 g/mol. The second-order valence-electron chi connectivity index (χ2n) is 6.70. The van der Waals surface area contributed by atoms with E-state index in [-0.39, 0.29) is 12.6 Å². The molecule has 2 heterocycles. The van der Waals surface area contributed by atoms with Gasteiger partial charge < -0.3 is 20.1 Å². The summed E-state index contributed by atoms with van der Waals surface area (Å²) in [6, 6.07) is 10.1. The van der Waals surface area contributed by atoms with Gasteiger partial charge >= 0.3 is 12.0 Å². The van der Waals surface area contributed by atoms with Crippen LogP contribution >= 0.6 is 22.9 Å². The van der Waals surface area contributed by atoms with E-state index in [4.69, 9.17) is 21.1 Å². The molecule has 0 saturated heterocycles. The van der Waals surface area contributed by atoms with Gasteiger partial charge in [0.15, 0.2) is 0 Å². The van der Waals surface area contributed by atoms with E-state index < -0.39 is 12.0 Å². The Bertz CT molecular complexity index is 917. The van der Waals surface area contributed by atoms with Crippen molar-refractivity contribution in [2.75, 3.05) is 33.4 Å². The largest absolute Gasteiger partial charge is 0.492 e. The Kier molecular flexibility index (Phi) is 7.73. The van der Waals surface area contributed by atoms with Crippen LogP contribution in [-0.4, -0.2) is 50.3 Å². The number of nitrogens with one attached hydrogen (secondary N) is 2. The van der Waals surface area contributed by atoms with Crippen molar-refractivity contribution < 1.29 is 19.1 Å². The summed E-state index contributed by atoms with van der Waals surface area (Å²) >= 11 is 7.45. The number of rotatable bonds is 9. The van der Waals surface area contributed by atoms with Crippen LogP contribution in [0, 0.1) is 0 Å². The van der Waals surface area contributed by atoms with E-state index in [9.17, 15) is 9.59 Å². The van der Waals surface area contributed by atoms with Crippen LogP contribution < -0.4 is 15.4 Å². The number of urea groups is 1. The molecule has 0 radical (unpaired) electrons. The van der Waals surface area contributed by atoms with Gasteiger partial charge in [-0.3, -0.25) is 4.90 Å². The van der Waals surface area contributed by atoms with Crippen molar-refractivity contribution in [3.63, 3.8) is 0 Å². The predicted molar refractivity (Wildman–Crippen MR) is 117 cm³/mol. The van der Waals surface area contributed by atoms with Crippen LogP contribution in [0.15, 0.2) is 53.0 Å². The van der Waals surface area contributed by atoms with Gasteiger partial charge in [-0.15, -0.1) is 11.3 Å². The molecule has 2 aromatic rings. The zero-order valence-electron chi connectivity index (χ0n) is 16.8. The fraction of sp³-hybridized carbons (Fsp3) is 0.333. The van der Waals surface area contributed by atoms with Gasteiger partial charge in [0.1, 0.15) is 12.4 Å². The number of ether oxygens (including phenoxy) is 2. The van der Waals surface area contributed by atoms with Gasteiger partial charge in [0.2, 0.25) is 0 Å². The van der Waals surface area contributed by atoms with Crippen LogP contribution in [0.3, 0.4) is 0 Å². The average Bonchev–Trinajstić information content (AvgIpc) is 3.22. The fourth-order valence-electron chi connectivity index (χ4n) is 3.09. The lowest BCUT2D eigenvalue weighted by Crippen LogP contribution is -2.48. The summed E-state index contributed by atoms with van der Waals surface area (Å²) in [5.74, 6) is 0.247. The monoisotopic (exact) mass is 449 g/mol. The third kappa shape index (κ3) is 5.75. The summed E-state index contributed by atoms with van der Waals surface area (Å²) in [4.78, 5) is 27.8. The van der Waals surface area contributed by atoms with Crippen LogP contribution in [0.1, 0.15) is 17.8 Å². The predicted octanol–water partition coefficient (Wildman–Crippen LogP) is 3.58. The van der Waals surface area contributed by atoms with E-state index in [1.807, 2.05) is 41.6 Å². The number of amides is 2. The Morgan fingerprint density at radius 1 is 1.30 bits per heavy atom. The molecule has 3 rings (SSSR count). The molecule has 1 aliphatic heterocycles. The first-order valence-electron chi connectivity index (χ1n) is 9.56. The molecule has 1 atom stereocenters. The number of carbonyl (C=O) groups is 2. The van der Waals surface area contributed by atoms with Crippen molar-refractivity contribution in [1.29, 1.82) is 0 Å². The van der Waals surface area contributed by atoms with Crippen molar-refractivity contribution in [3.05, 3.63) is 62.9 Å². The Morgan fingerprint density at radius 2 is 2.13 bits per heavy atom. The molecule has 1 aliphatic rings. The summed E-state index contributed by atoms with van der Waals surface area (Å²) < 4.78 is 11.0. The van der Waals surface area contributed by atoms with Crippen molar-refractivity contribution in [3.8, 4) is 5.75 Å². The van der Waals surface area contributed by atoms with Gasteiger partial charge in [0, 0.05) is 28.7 Å². The summed E-state index contributed by atoms with van der Waals surface area (Å²) in [5, 5.41) is 8.13. The second kappa shape index (κ2) is 10.5. The molecular weight excluding hydrogens is 426 g/mol. The van der Waals surface area contributed by atoms with Gasteiger partial charge in [-0.2, -0.15) is 0 Å². The second-order valence-corrected chi connectivity index (χ2v) is 8.12. The highest BCUT2D eigenvalue weighted by molar-refractivity contribution is 7.10. The first-order valence-corrected chi connectivity index (χ1v) is 10.8. The van der Waals surface area contributed by atoms with Gasteiger partial charge in [0.25, 0.3) is 0 Å². The number of halogens is 1. The van der Waals surface area contributed by atoms with Gasteiger partial charge in [-0.05, 0) is 43.6 Å². The molecule has 0 spiro atoms. The molecular formula is C21H24ClN3O4S. The normalized spacial score (nSPS) is 16.3. The number of hydrogen-bond acceptors (Lipinski definition) is 6. The fourth-order valence-corrected chi connectivity index (χ4v) is 4.05. The molecule has 0 saturated carbocycles. The van der Waals surface area contributed by atoms with Gasteiger partial charge in [-0.1, -0.05) is 23.7 Å². The highest BCUT2D eigenvalue weighted by Crippen LogP contribution is 2.30. The van der Waals surface area contributed by atoms with E-state index in [0.717, 1.165) is 4.88 Å². The number of benzene rings is 1. The number of thiophene rings is 1. The molecule has 7 nitrogen and oxygen atoms in total.